The fraction of sp³-hybridized carbons (Fsp3) is 0.429. The molecule has 0 amide bonds. The van der Waals surface area contributed by atoms with Crippen molar-refractivity contribution in [2.24, 2.45) is 0 Å². The predicted molar refractivity (Wildman–Crippen MR) is 61.7 cm³/mol. The van der Waals surface area contributed by atoms with Gasteiger partial charge in [-0.25, -0.2) is 0 Å². The molecular formula is C14H12O4. The van der Waals surface area contributed by atoms with E-state index in [4.69, 9.17) is 9.47 Å². The molecule has 92 valence electrons. The maximum absolute atomic E-state index is 12.6. The lowest BCUT2D eigenvalue weighted by atomic mass is 9.71. The summed E-state index contributed by atoms with van der Waals surface area (Å²) in [4.78, 5) is 25.1. The number of carbonyl (C=O) groups excluding carboxylic acids is 2. The van der Waals surface area contributed by atoms with Crippen molar-refractivity contribution in [3.05, 3.63) is 35.4 Å². The van der Waals surface area contributed by atoms with Crippen LogP contribution in [0.5, 0.6) is 0 Å². The van der Waals surface area contributed by atoms with E-state index in [1.54, 1.807) is 24.3 Å². The number of benzene rings is 1. The normalized spacial score (nSPS) is 40.8. The molecule has 18 heavy (non-hydrogen) atoms. The molecule has 0 spiro atoms. The van der Waals surface area contributed by atoms with Crippen LogP contribution in [-0.4, -0.2) is 35.5 Å². The summed E-state index contributed by atoms with van der Waals surface area (Å²) < 4.78 is 11.2. The van der Waals surface area contributed by atoms with Crippen molar-refractivity contribution >= 4 is 11.6 Å². The summed E-state index contributed by atoms with van der Waals surface area (Å²) in [5.74, 6) is -0.169. The monoisotopic (exact) mass is 244 g/mol. The Balaban J connectivity index is 1.94. The molecule has 0 bridgehead atoms. The predicted octanol–water partition coefficient (Wildman–Crippen LogP) is 1.38. The van der Waals surface area contributed by atoms with Gasteiger partial charge < -0.3 is 9.47 Å². The van der Waals surface area contributed by atoms with Crippen LogP contribution < -0.4 is 0 Å². The Hall–Kier alpha value is -1.52. The van der Waals surface area contributed by atoms with E-state index in [0.717, 1.165) is 0 Å². The Morgan fingerprint density at radius 3 is 2.39 bits per heavy atom. The molecule has 2 aliphatic heterocycles. The first-order chi connectivity index (χ1) is 8.61. The average molecular weight is 244 g/mol. The molecule has 1 aliphatic carbocycles. The number of carbonyl (C=O) groups is 2. The van der Waals surface area contributed by atoms with Crippen molar-refractivity contribution < 1.29 is 19.1 Å². The number of fused-ring (bicyclic) bond motifs is 1. The van der Waals surface area contributed by atoms with Gasteiger partial charge in [-0.15, -0.1) is 0 Å². The second-order valence-electron chi connectivity index (χ2n) is 5.29. The summed E-state index contributed by atoms with van der Waals surface area (Å²) in [5.41, 5.74) is -1.03. The molecule has 0 radical (unpaired) electrons. The lowest BCUT2D eigenvalue weighted by Gasteiger charge is -2.31. The standard InChI is InChI=1S/C14H12O4/c1-8-6-13-11(15)9-4-2-3-5-10(9)12(16)14(13,18-13)7-17-8/h2-5,8H,6-7H2,1H3/t8?,13-,14+/m0/s1. The number of hydrogen-bond donors (Lipinski definition) is 0. The molecule has 2 saturated heterocycles. The highest BCUT2D eigenvalue weighted by Gasteiger charge is 2.82. The maximum atomic E-state index is 12.6. The summed E-state index contributed by atoms with van der Waals surface area (Å²) in [6.07, 6.45) is 0.411. The van der Waals surface area contributed by atoms with E-state index in [0.29, 0.717) is 17.5 Å². The van der Waals surface area contributed by atoms with Gasteiger partial charge >= 0.3 is 0 Å². The zero-order valence-electron chi connectivity index (χ0n) is 9.93. The van der Waals surface area contributed by atoms with E-state index in [2.05, 4.69) is 0 Å². The Labute approximate surface area is 104 Å². The highest BCUT2D eigenvalue weighted by molar-refractivity contribution is 6.25. The van der Waals surface area contributed by atoms with Crippen molar-refractivity contribution in [1.82, 2.24) is 0 Å². The third-order valence-corrected chi connectivity index (χ3v) is 4.26. The van der Waals surface area contributed by atoms with Crippen LogP contribution in [0.3, 0.4) is 0 Å². The molecule has 3 atom stereocenters. The Bertz CT molecular complexity index is 593. The summed E-state index contributed by atoms with van der Waals surface area (Å²) in [6.45, 7) is 2.09. The molecule has 4 nitrogen and oxygen atoms in total. The van der Waals surface area contributed by atoms with E-state index < -0.39 is 11.2 Å². The highest BCUT2D eigenvalue weighted by atomic mass is 16.7. The number of epoxide rings is 1. The quantitative estimate of drug-likeness (QED) is 0.647. The Kier molecular flexibility index (Phi) is 1.67. The summed E-state index contributed by atoms with van der Waals surface area (Å²) in [7, 11) is 0. The van der Waals surface area contributed by atoms with Gasteiger partial charge in [0, 0.05) is 17.5 Å². The van der Waals surface area contributed by atoms with Crippen molar-refractivity contribution in [3.63, 3.8) is 0 Å². The molecule has 0 saturated carbocycles. The van der Waals surface area contributed by atoms with Crippen LogP contribution in [0.15, 0.2) is 24.3 Å². The molecule has 0 aromatic heterocycles. The summed E-state index contributed by atoms with van der Waals surface area (Å²) in [6, 6.07) is 6.94. The van der Waals surface area contributed by atoms with Crippen molar-refractivity contribution in [2.75, 3.05) is 6.61 Å². The lowest BCUT2D eigenvalue weighted by molar-refractivity contribution is 0.00630. The number of hydrogen-bond acceptors (Lipinski definition) is 4. The zero-order valence-corrected chi connectivity index (χ0v) is 9.93. The van der Waals surface area contributed by atoms with Gasteiger partial charge in [-0.3, -0.25) is 9.59 Å². The van der Waals surface area contributed by atoms with Gasteiger partial charge in [0.2, 0.25) is 5.78 Å². The molecule has 1 aromatic carbocycles. The van der Waals surface area contributed by atoms with E-state index in [1.165, 1.54) is 0 Å². The van der Waals surface area contributed by atoms with Gasteiger partial charge in [0.25, 0.3) is 0 Å². The molecule has 1 aromatic rings. The zero-order chi connectivity index (χ0) is 12.5. The molecule has 0 N–H and O–H groups in total. The Morgan fingerprint density at radius 1 is 1.11 bits per heavy atom. The van der Waals surface area contributed by atoms with Gasteiger partial charge in [-0.2, -0.15) is 0 Å². The first kappa shape index (κ1) is 10.4. The highest BCUT2D eigenvalue weighted by Crippen LogP contribution is 2.60. The fourth-order valence-electron chi connectivity index (χ4n) is 3.28. The van der Waals surface area contributed by atoms with Gasteiger partial charge in [-0.05, 0) is 6.92 Å². The first-order valence-corrected chi connectivity index (χ1v) is 6.11. The minimum absolute atomic E-state index is 0.0531. The van der Waals surface area contributed by atoms with Crippen LogP contribution >= 0.6 is 0 Å². The van der Waals surface area contributed by atoms with Crippen LogP contribution in [0.1, 0.15) is 34.1 Å². The van der Waals surface area contributed by atoms with Gasteiger partial charge in [-0.1, -0.05) is 24.3 Å². The van der Waals surface area contributed by atoms with Crippen LogP contribution in [0.4, 0.5) is 0 Å². The van der Waals surface area contributed by atoms with Crippen molar-refractivity contribution in [3.8, 4) is 0 Å². The lowest BCUT2D eigenvalue weighted by Crippen LogP contribution is -2.52. The number of ketones is 2. The number of rotatable bonds is 0. The van der Waals surface area contributed by atoms with Crippen molar-refractivity contribution in [1.29, 1.82) is 0 Å². The smallest absolute Gasteiger partial charge is 0.201 e. The van der Waals surface area contributed by atoms with Gasteiger partial charge in [0.05, 0.1) is 12.7 Å². The van der Waals surface area contributed by atoms with Crippen LogP contribution in [0.25, 0.3) is 0 Å². The second kappa shape index (κ2) is 2.90. The fourth-order valence-corrected chi connectivity index (χ4v) is 3.28. The van der Waals surface area contributed by atoms with E-state index in [-0.39, 0.29) is 24.3 Å². The van der Waals surface area contributed by atoms with E-state index >= 15 is 0 Å². The number of Topliss-reactive ketones (excluding diaryl/α,β-unsaturated/α-hetero) is 2. The minimum atomic E-state index is -1.04. The Morgan fingerprint density at radius 2 is 1.72 bits per heavy atom. The molecule has 2 fully saturated rings. The summed E-state index contributed by atoms with van der Waals surface area (Å²) >= 11 is 0. The largest absolute Gasteiger partial charge is 0.375 e. The van der Waals surface area contributed by atoms with Crippen LogP contribution in [0.2, 0.25) is 0 Å². The number of ether oxygens (including phenoxy) is 2. The minimum Gasteiger partial charge on any atom is -0.375 e. The molecule has 3 aliphatic rings. The van der Waals surface area contributed by atoms with Crippen molar-refractivity contribution in [2.45, 2.75) is 30.7 Å². The van der Waals surface area contributed by atoms with Crippen LogP contribution in [-0.2, 0) is 9.47 Å². The first-order valence-electron chi connectivity index (χ1n) is 6.11. The SMILES string of the molecule is CC1C[C@@]23O[C@]2(CO1)C(=O)c1ccccc1C3=O. The van der Waals surface area contributed by atoms with Gasteiger partial charge in [0.15, 0.2) is 17.0 Å². The van der Waals surface area contributed by atoms with Crippen LogP contribution in [0, 0.1) is 0 Å². The van der Waals surface area contributed by atoms with E-state index in [1.807, 2.05) is 6.92 Å². The molecular weight excluding hydrogens is 232 g/mol. The second-order valence-corrected chi connectivity index (χ2v) is 5.29. The molecule has 1 unspecified atom stereocenters. The summed E-state index contributed by atoms with van der Waals surface area (Å²) in [5, 5.41) is 0. The maximum Gasteiger partial charge on any atom is 0.201 e. The molecule has 2 heterocycles. The molecule has 4 heteroatoms. The topological polar surface area (TPSA) is 55.9 Å². The average Bonchev–Trinajstić information content (AvgIpc) is 3.07. The third kappa shape index (κ3) is 0.920. The van der Waals surface area contributed by atoms with Gasteiger partial charge in [0.1, 0.15) is 0 Å². The van der Waals surface area contributed by atoms with E-state index in [9.17, 15) is 9.59 Å². The third-order valence-electron chi connectivity index (χ3n) is 4.26. The molecule has 4 rings (SSSR count).